The molecular formula is C27H34N4O3. The van der Waals surface area contributed by atoms with Gasteiger partial charge in [0.05, 0.1) is 12.7 Å². The molecule has 2 amide bonds. The standard InChI is InChI=1S/C27H34N4O3/c1-18-9-12-23-25(15-18)34-24-16-21(33-3)10-11-22(24)26(29-23)30-13-14-31(19(2)17-30)27(32)28-20-7-5-4-6-8-20/h9-12,15-16,19-20H,4-8,13-14,17H2,1-3H3,(H,28,32). The number of amides is 2. The van der Waals surface area contributed by atoms with Crippen molar-refractivity contribution in [1.29, 1.82) is 0 Å². The van der Waals surface area contributed by atoms with E-state index in [1.807, 2.05) is 42.2 Å². The lowest BCUT2D eigenvalue weighted by molar-refractivity contribution is 0.130. The Balaban J connectivity index is 1.39. The Kier molecular flexibility index (Phi) is 6.35. The molecule has 2 aliphatic heterocycles. The third-order valence-corrected chi connectivity index (χ3v) is 7.11. The number of benzene rings is 2. The molecule has 2 aromatic rings. The van der Waals surface area contributed by atoms with Crippen molar-refractivity contribution < 1.29 is 14.3 Å². The molecule has 1 atom stereocenters. The molecule has 2 aromatic carbocycles. The van der Waals surface area contributed by atoms with E-state index in [-0.39, 0.29) is 12.1 Å². The summed E-state index contributed by atoms with van der Waals surface area (Å²) in [5.41, 5.74) is 2.86. The average molecular weight is 463 g/mol. The average Bonchev–Trinajstić information content (AvgIpc) is 3.00. The van der Waals surface area contributed by atoms with Crippen LogP contribution >= 0.6 is 0 Å². The van der Waals surface area contributed by atoms with Gasteiger partial charge in [-0.15, -0.1) is 0 Å². The predicted molar refractivity (Wildman–Crippen MR) is 134 cm³/mol. The van der Waals surface area contributed by atoms with Crippen LogP contribution in [0, 0.1) is 6.92 Å². The van der Waals surface area contributed by atoms with Crippen molar-refractivity contribution in [3.05, 3.63) is 47.5 Å². The van der Waals surface area contributed by atoms with Gasteiger partial charge in [-0.3, -0.25) is 0 Å². The van der Waals surface area contributed by atoms with Crippen LogP contribution in [0.25, 0.3) is 0 Å². The van der Waals surface area contributed by atoms with E-state index in [0.29, 0.717) is 25.7 Å². The van der Waals surface area contributed by atoms with Gasteiger partial charge in [0.15, 0.2) is 5.75 Å². The lowest BCUT2D eigenvalue weighted by Gasteiger charge is -2.41. The van der Waals surface area contributed by atoms with E-state index in [9.17, 15) is 4.79 Å². The molecule has 180 valence electrons. The van der Waals surface area contributed by atoms with Crippen LogP contribution in [0.3, 0.4) is 0 Å². The summed E-state index contributed by atoms with van der Waals surface area (Å²) in [6, 6.07) is 12.4. The quantitative estimate of drug-likeness (QED) is 0.663. The highest BCUT2D eigenvalue weighted by Crippen LogP contribution is 2.40. The SMILES string of the molecule is COc1ccc2c(c1)Oc1cc(C)ccc1N=C2N1CCN(C(=O)NC2CCCCC2)C(C)C1. The third-order valence-electron chi connectivity index (χ3n) is 7.11. The first kappa shape index (κ1) is 22.6. The molecule has 1 N–H and O–H groups in total. The summed E-state index contributed by atoms with van der Waals surface area (Å²) in [5, 5.41) is 3.27. The van der Waals surface area contributed by atoms with Crippen LogP contribution < -0.4 is 14.8 Å². The second kappa shape index (κ2) is 9.57. The second-order valence-corrected chi connectivity index (χ2v) is 9.64. The van der Waals surface area contributed by atoms with E-state index in [1.165, 1.54) is 19.3 Å². The number of carbonyl (C=O) groups excluding carboxylic acids is 1. The van der Waals surface area contributed by atoms with Crippen LogP contribution in [-0.2, 0) is 0 Å². The number of fused-ring (bicyclic) bond motifs is 2. The minimum atomic E-state index is 0.0659. The highest BCUT2D eigenvalue weighted by Gasteiger charge is 2.32. The van der Waals surface area contributed by atoms with Gasteiger partial charge >= 0.3 is 6.03 Å². The van der Waals surface area contributed by atoms with Gasteiger partial charge in [0.25, 0.3) is 0 Å². The van der Waals surface area contributed by atoms with Gasteiger partial charge in [0.1, 0.15) is 23.0 Å². The number of aliphatic imine (C=N–C) groups is 1. The lowest BCUT2D eigenvalue weighted by atomic mass is 9.96. The number of hydrogen-bond donors (Lipinski definition) is 1. The number of nitrogens with zero attached hydrogens (tertiary/aromatic N) is 3. The first-order valence-electron chi connectivity index (χ1n) is 12.4. The molecule has 1 saturated carbocycles. The van der Waals surface area contributed by atoms with Crippen LogP contribution in [0.1, 0.15) is 50.2 Å². The first-order chi connectivity index (χ1) is 16.5. The van der Waals surface area contributed by atoms with Crippen molar-refractivity contribution in [2.24, 2.45) is 4.99 Å². The molecule has 0 spiro atoms. The Bertz CT molecular complexity index is 1090. The number of aryl methyl sites for hydroxylation is 1. The molecule has 2 fully saturated rings. The number of carbonyl (C=O) groups is 1. The van der Waals surface area contributed by atoms with Gasteiger partial charge in [-0.1, -0.05) is 25.3 Å². The number of ether oxygens (including phenoxy) is 2. The van der Waals surface area contributed by atoms with Crippen LogP contribution in [-0.4, -0.2) is 60.5 Å². The van der Waals surface area contributed by atoms with Gasteiger partial charge in [-0.2, -0.15) is 0 Å². The Morgan fingerprint density at radius 2 is 1.91 bits per heavy atom. The molecule has 1 saturated heterocycles. The van der Waals surface area contributed by atoms with E-state index in [1.54, 1.807) is 7.11 Å². The van der Waals surface area contributed by atoms with E-state index >= 15 is 0 Å². The lowest BCUT2D eigenvalue weighted by Crippen LogP contribution is -2.58. The Labute approximate surface area is 201 Å². The van der Waals surface area contributed by atoms with Gasteiger partial charge in [0, 0.05) is 37.8 Å². The zero-order valence-electron chi connectivity index (χ0n) is 20.3. The summed E-state index contributed by atoms with van der Waals surface area (Å²) in [4.78, 5) is 22.3. The summed E-state index contributed by atoms with van der Waals surface area (Å²) in [6.07, 6.45) is 5.89. The molecule has 0 radical (unpaired) electrons. The summed E-state index contributed by atoms with van der Waals surface area (Å²) in [7, 11) is 1.66. The zero-order chi connectivity index (χ0) is 23.7. The van der Waals surface area contributed by atoms with Crippen LogP contribution in [0.15, 0.2) is 41.4 Å². The summed E-state index contributed by atoms with van der Waals surface area (Å²) in [6.45, 7) is 6.25. The van der Waals surface area contributed by atoms with Crippen LogP contribution in [0.4, 0.5) is 10.5 Å². The van der Waals surface area contributed by atoms with Gasteiger partial charge < -0.3 is 24.6 Å². The number of methoxy groups -OCH3 is 1. The first-order valence-corrected chi connectivity index (χ1v) is 12.4. The molecular weight excluding hydrogens is 428 g/mol. The normalized spacial score (nSPS) is 20.4. The highest BCUT2D eigenvalue weighted by atomic mass is 16.5. The Morgan fingerprint density at radius 1 is 1.09 bits per heavy atom. The van der Waals surface area contributed by atoms with Crippen molar-refractivity contribution in [2.45, 2.75) is 58.0 Å². The second-order valence-electron chi connectivity index (χ2n) is 9.64. The summed E-state index contributed by atoms with van der Waals surface area (Å²) in [5.74, 6) is 3.09. The van der Waals surface area contributed by atoms with Crippen molar-refractivity contribution in [3.63, 3.8) is 0 Å². The minimum Gasteiger partial charge on any atom is -0.497 e. The maximum atomic E-state index is 13.0. The number of nitrogens with one attached hydrogen (secondary N) is 1. The molecule has 7 heteroatoms. The fourth-order valence-corrected chi connectivity index (χ4v) is 5.18. The van der Waals surface area contributed by atoms with Crippen LogP contribution in [0.2, 0.25) is 0 Å². The van der Waals surface area contributed by atoms with Crippen LogP contribution in [0.5, 0.6) is 17.2 Å². The van der Waals surface area contributed by atoms with E-state index < -0.39 is 0 Å². The number of rotatable bonds is 2. The monoisotopic (exact) mass is 462 g/mol. The number of hydrogen-bond acceptors (Lipinski definition) is 5. The maximum Gasteiger partial charge on any atom is 0.317 e. The molecule has 7 nitrogen and oxygen atoms in total. The maximum absolute atomic E-state index is 13.0. The summed E-state index contributed by atoms with van der Waals surface area (Å²) >= 11 is 0. The van der Waals surface area contributed by atoms with Gasteiger partial charge in [-0.25, -0.2) is 9.79 Å². The predicted octanol–water partition coefficient (Wildman–Crippen LogP) is 5.24. The van der Waals surface area contributed by atoms with E-state index in [4.69, 9.17) is 14.5 Å². The fourth-order valence-electron chi connectivity index (χ4n) is 5.18. The molecule has 0 bridgehead atoms. The summed E-state index contributed by atoms with van der Waals surface area (Å²) < 4.78 is 11.8. The topological polar surface area (TPSA) is 66.4 Å². The van der Waals surface area contributed by atoms with Crippen molar-refractivity contribution >= 4 is 17.6 Å². The van der Waals surface area contributed by atoms with Gasteiger partial charge in [0.2, 0.25) is 0 Å². The molecule has 5 rings (SSSR count). The number of urea groups is 1. The molecule has 0 aromatic heterocycles. The molecule has 1 aliphatic carbocycles. The largest absolute Gasteiger partial charge is 0.497 e. The van der Waals surface area contributed by atoms with Crippen molar-refractivity contribution in [1.82, 2.24) is 15.1 Å². The van der Waals surface area contributed by atoms with E-state index in [2.05, 4.69) is 23.2 Å². The minimum absolute atomic E-state index is 0.0659. The van der Waals surface area contributed by atoms with Crippen molar-refractivity contribution in [2.75, 3.05) is 26.7 Å². The molecule has 34 heavy (non-hydrogen) atoms. The zero-order valence-corrected chi connectivity index (χ0v) is 20.3. The fraction of sp³-hybridized carbons (Fsp3) is 0.481. The Hall–Kier alpha value is -3.22. The van der Waals surface area contributed by atoms with Gasteiger partial charge in [-0.05, 0) is 56.5 Å². The smallest absolute Gasteiger partial charge is 0.317 e. The molecule has 3 aliphatic rings. The highest BCUT2D eigenvalue weighted by molar-refractivity contribution is 6.04. The Morgan fingerprint density at radius 3 is 2.68 bits per heavy atom. The number of piperazine rings is 1. The molecule has 1 unspecified atom stereocenters. The third kappa shape index (κ3) is 4.56. The number of amidine groups is 1. The molecule has 2 heterocycles. The van der Waals surface area contributed by atoms with E-state index in [0.717, 1.165) is 52.7 Å². The van der Waals surface area contributed by atoms with Crippen molar-refractivity contribution in [3.8, 4) is 17.2 Å².